The van der Waals surface area contributed by atoms with E-state index in [1.165, 1.54) is 82.7 Å². The number of hydrogen-bond donors (Lipinski definition) is 2. The number of anilines is 1. The first-order chi connectivity index (χ1) is 21.5. The van der Waals surface area contributed by atoms with Crippen LogP contribution in [0.1, 0.15) is 95.3 Å². The Balaban J connectivity index is 1.25. The van der Waals surface area contributed by atoms with Gasteiger partial charge in [-0.3, -0.25) is 20.4 Å². The van der Waals surface area contributed by atoms with Gasteiger partial charge < -0.3 is 14.4 Å². The number of amides is 2. The molecule has 2 aromatic carbocycles. The minimum absolute atomic E-state index is 0.308. The van der Waals surface area contributed by atoms with Crippen LogP contribution >= 0.6 is 0 Å². The van der Waals surface area contributed by atoms with Crippen LogP contribution < -0.4 is 15.8 Å². The smallest absolute Gasteiger partial charge is 0.337 e. The summed E-state index contributed by atoms with van der Waals surface area (Å²) in [4.78, 5) is 45.8. The molecular weight excluding hydrogens is 560 g/mol. The normalized spacial score (nSPS) is 16.7. The van der Waals surface area contributed by atoms with Gasteiger partial charge in [0.05, 0.1) is 25.8 Å². The topological polar surface area (TPSA) is 106 Å². The fourth-order valence-corrected chi connectivity index (χ4v) is 6.30. The Morgan fingerprint density at radius 2 is 1.25 bits per heavy atom. The summed E-state index contributed by atoms with van der Waals surface area (Å²) in [6, 6.07) is 14.1. The molecule has 1 saturated carbocycles. The van der Waals surface area contributed by atoms with Gasteiger partial charge in [0.1, 0.15) is 25.7 Å². The molecule has 2 N–H and O–H groups in total. The maximum Gasteiger partial charge on any atom is 0.337 e. The van der Waals surface area contributed by atoms with E-state index in [9.17, 15) is 14.4 Å². The van der Waals surface area contributed by atoms with Gasteiger partial charge in [0.25, 0.3) is 11.8 Å². The number of piperazine rings is 1. The van der Waals surface area contributed by atoms with Gasteiger partial charge in [0.2, 0.25) is 0 Å². The number of quaternary nitrogens is 1. The number of methoxy groups -OCH3 is 2. The predicted molar refractivity (Wildman–Crippen MR) is 169 cm³/mol. The van der Waals surface area contributed by atoms with Crippen molar-refractivity contribution in [1.29, 1.82) is 0 Å². The molecule has 0 bridgehead atoms. The van der Waals surface area contributed by atoms with Crippen molar-refractivity contribution in [3.05, 3.63) is 65.2 Å². The average molecular weight is 610 g/mol. The number of unbranched alkanes of at least 4 members (excludes halogenated alkanes) is 4. The van der Waals surface area contributed by atoms with Crippen LogP contribution in [0.3, 0.4) is 0 Å². The maximum absolute atomic E-state index is 12.7. The van der Waals surface area contributed by atoms with E-state index >= 15 is 0 Å². The molecule has 44 heavy (non-hydrogen) atoms. The Labute approximate surface area is 261 Å². The summed E-state index contributed by atoms with van der Waals surface area (Å²) in [6.45, 7) is 5.41. The largest absolute Gasteiger partial charge is 0.465 e. The van der Waals surface area contributed by atoms with Gasteiger partial charge in [-0.25, -0.2) is 9.63 Å². The Morgan fingerprint density at radius 3 is 1.82 bits per heavy atom. The zero-order chi connectivity index (χ0) is 31.2. The lowest BCUT2D eigenvalue weighted by molar-refractivity contribution is -1.12. The van der Waals surface area contributed by atoms with Crippen LogP contribution in [0.4, 0.5) is 5.69 Å². The van der Waals surface area contributed by atoms with Crippen LogP contribution in [0, 0.1) is 0 Å². The summed E-state index contributed by atoms with van der Waals surface area (Å²) in [7, 11) is 3.06. The highest BCUT2D eigenvalue weighted by Crippen LogP contribution is 2.32. The number of hydrogen-bond acceptors (Lipinski definition) is 7. The van der Waals surface area contributed by atoms with Crippen molar-refractivity contribution < 1.29 is 33.3 Å². The summed E-state index contributed by atoms with van der Waals surface area (Å²) in [5.74, 6) is -1.37. The number of carbonyl (C=O) groups is 3. The first-order valence-electron chi connectivity index (χ1n) is 16.1. The fraction of sp³-hybridized carbons (Fsp3) is 0.559. The SMILES string of the molecule is COCCCCCCCO[N+]1(C2CCCCC2)CCN(c2ccc(C(=O)NNC(=O)c3ccc(C(=O)OC)cc3)cc2)CC1. The van der Waals surface area contributed by atoms with Gasteiger partial charge in [-0.15, -0.1) is 0 Å². The van der Waals surface area contributed by atoms with Crippen molar-refractivity contribution in [2.24, 2.45) is 0 Å². The first kappa shape index (κ1) is 33.4. The van der Waals surface area contributed by atoms with Crippen molar-refractivity contribution in [3.63, 3.8) is 0 Å². The second-order valence-corrected chi connectivity index (χ2v) is 11.8. The zero-order valence-corrected chi connectivity index (χ0v) is 26.4. The lowest BCUT2D eigenvalue weighted by Gasteiger charge is -2.48. The van der Waals surface area contributed by atoms with E-state index in [1.807, 2.05) is 12.1 Å². The monoisotopic (exact) mass is 609 g/mol. The van der Waals surface area contributed by atoms with Crippen molar-refractivity contribution in [1.82, 2.24) is 10.9 Å². The van der Waals surface area contributed by atoms with Gasteiger partial charge in [-0.05, 0) is 74.2 Å². The van der Waals surface area contributed by atoms with Crippen LogP contribution in [0.5, 0.6) is 0 Å². The van der Waals surface area contributed by atoms with Crippen molar-refractivity contribution in [3.8, 4) is 0 Å². The summed E-state index contributed by atoms with van der Waals surface area (Å²) in [5.41, 5.74) is 7.07. The lowest BCUT2D eigenvalue weighted by atomic mass is 9.93. The Morgan fingerprint density at radius 1 is 0.727 bits per heavy atom. The van der Waals surface area contributed by atoms with E-state index in [0.29, 0.717) is 22.7 Å². The second kappa shape index (κ2) is 17.1. The number of hydrazine groups is 1. The molecule has 2 aliphatic rings. The number of ether oxygens (including phenoxy) is 2. The zero-order valence-electron chi connectivity index (χ0n) is 26.4. The molecule has 1 heterocycles. The third-order valence-electron chi connectivity index (χ3n) is 8.93. The van der Waals surface area contributed by atoms with E-state index in [4.69, 9.17) is 9.57 Å². The summed E-state index contributed by atoms with van der Waals surface area (Å²) < 4.78 is 10.6. The Hall–Kier alpha value is -3.47. The molecule has 1 aliphatic heterocycles. The highest BCUT2D eigenvalue weighted by atomic mass is 16.7. The molecule has 0 radical (unpaired) electrons. The van der Waals surface area contributed by atoms with Crippen LogP contribution in [-0.2, 0) is 14.3 Å². The van der Waals surface area contributed by atoms with E-state index < -0.39 is 17.8 Å². The third-order valence-corrected chi connectivity index (χ3v) is 8.93. The Bertz CT molecular complexity index is 1190. The number of hydroxylamine groups is 3. The molecule has 0 atom stereocenters. The number of esters is 1. The highest BCUT2D eigenvalue weighted by molar-refractivity contribution is 5.99. The number of nitrogens with one attached hydrogen (secondary N) is 2. The number of carbonyl (C=O) groups excluding carboxylic acids is 3. The van der Waals surface area contributed by atoms with E-state index in [-0.39, 0.29) is 0 Å². The minimum Gasteiger partial charge on any atom is -0.465 e. The molecule has 10 heteroatoms. The van der Waals surface area contributed by atoms with Gasteiger partial charge in [-0.1, -0.05) is 25.7 Å². The first-order valence-corrected chi connectivity index (χ1v) is 16.1. The van der Waals surface area contributed by atoms with Gasteiger partial charge in [-0.2, -0.15) is 4.65 Å². The molecule has 0 aromatic heterocycles. The van der Waals surface area contributed by atoms with Gasteiger partial charge in [0, 0.05) is 43.4 Å². The number of benzene rings is 2. The van der Waals surface area contributed by atoms with Crippen molar-refractivity contribution >= 4 is 23.5 Å². The summed E-state index contributed by atoms with van der Waals surface area (Å²) in [6.07, 6.45) is 12.3. The quantitative estimate of drug-likeness (QED) is 0.134. The summed E-state index contributed by atoms with van der Waals surface area (Å²) in [5, 5.41) is 0. The molecule has 0 unspecified atom stereocenters. The molecule has 10 nitrogen and oxygen atoms in total. The van der Waals surface area contributed by atoms with Crippen molar-refractivity contribution in [2.75, 3.05) is 58.5 Å². The van der Waals surface area contributed by atoms with Gasteiger partial charge >= 0.3 is 5.97 Å². The van der Waals surface area contributed by atoms with E-state index in [1.54, 1.807) is 19.2 Å². The van der Waals surface area contributed by atoms with E-state index in [2.05, 4.69) is 20.5 Å². The molecular formula is C34H49N4O6+. The molecule has 2 aromatic rings. The van der Waals surface area contributed by atoms with Crippen LogP contribution in [0.25, 0.3) is 0 Å². The van der Waals surface area contributed by atoms with Crippen LogP contribution in [0.2, 0.25) is 0 Å². The number of nitrogens with zero attached hydrogens (tertiary/aromatic N) is 2. The molecule has 2 amide bonds. The predicted octanol–water partition coefficient (Wildman–Crippen LogP) is 5.05. The maximum atomic E-state index is 12.7. The molecule has 4 rings (SSSR count). The lowest BCUT2D eigenvalue weighted by Crippen LogP contribution is -2.64. The summed E-state index contributed by atoms with van der Waals surface area (Å²) >= 11 is 0. The number of rotatable bonds is 14. The Kier molecular flexibility index (Phi) is 13.0. The average Bonchev–Trinajstić information content (AvgIpc) is 3.08. The third kappa shape index (κ3) is 9.27. The standard InChI is InChI=1S/C34H48N4O6/c1-42-25-9-4-3-5-10-26-44-38(31-11-7-6-8-12-31)23-21-37(22-24-38)30-19-17-28(18-20-30)33(40)36-35-32(39)27-13-15-29(16-14-27)34(41)43-2/h13-20,31H,3-12,21-26H2,1-2H3,(H-,35,36,39,40,41)/p+1. The van der Waals surface area contributed by atoms with E-state index in [0.717, 1.165) is 62.6 Å². The fourth-order valence-electron chi connectivity index (χ4n) is 6.30. The molecule has 2 fully saturated rings. The molecule has 1 saturated heterocycles. The molecule has 1 aliphatic carbocycles. The van der Waals surface area contributed by atoms with Crippen LogP contribution in [0.15, 0.2) is 48.5 Å². The van der Waals surface area contributed by atoms with Crippen molar-refractivity contribution in [2.45, 2.75) is 70.3 Å². The highest BCUT2D eigenvalue weighted by Gasteiger charge is 2.43. The second-order valence-electron chi connectivity index (χ2n) is 11.8. The molecule has 240 valence electrons. The minimum atomic E-state index is -0.483. The van der Waals surface area contributed by atoms with Gasteiger partial charge in [0.15, 0.2) is 0 Å². The van der Waals surface area contributed by atoms with Crippen LogP contribution in [-0.4, -0.2) is 82.1 Å². The molecule has 0 spiro atoms.